The van der Waals surface area contributed by atoms with Gasteiger partial charge in [0.05, 0.1) is 21.6 Å². The monoisotopic (exact) mass is 278 g/mol. The van der Waals surface area contributed by atoms with Crippen LogP contribution in [-0.4, -0.2) is 22.6 Å². The minimum atomic E-state index is -0.846. The number of halogens is 1. The van der Waals surface area contributed by atoms with E-state index in [1.165, 1.54) is 0 Å². The molecule has 0 saturated carbocycles. The number of benzene rings is 1. The van der Waals surface area contributed by atoms with Crippen LogP contribution < -0.4 is 5.32 Å². The maximum absolute atomic E-state index is 11.1. The van der Waals surface area contributed by atoms with Crippen LogP contribution in [0.3, 0.4) is 0 Å². The Bertz CT molecular complexity index is 626. The number of nitrogens with zero attached hydrogens (tertiary/aromatic N) is 1. The van der Waals surface area contributed by atoms with Crippen molar-refractivity contribution in [3.63, 3.8) is 0 Å². The first-order valence-corrected chi connectivity index (χ1v) is 6.30. The van der Waals surface area contributed by atoms with Crippen LogP contribution in [0.4, 0.5) is 5.69 Å². The van der Waals surface area contributed by atoms with Gasteiger partial charge in [0.2, 0.25) is 0 Å². The zero-order valence-corrected chi connectivity index (χ0v) is 11.5. The number of rotatable bonds is 4. The molecule has 0 saturated heterocycles. The fourth-order valence-corrected chi connectivity index (χ4v) is 1.89. The van der Waals surface area contributed by atoms with Gasteiger partial charge in [0.1, 0.15) is 0 Å². The Kier molecular flexibility index (Phi) is 3.62. The Morgan fingerprint density at radius 1 is 1.42 bits per heavy atom. The fraction of sp³-hybridized carbons (Fsp3) is 0.286. The van der Waals surface area contributed by atoms with Crippen LogP contribution in [0.25, 0.3) is 10.9 Å². The number of carbonyl (C=O) groups is 1. The molecule has 1 aromatic carbocycles. The van der Waals surface area contributed by atoms with Crippen LogP contribution in [-0.2, 0) is 4.79 Å². The molecular weight excluding hydrogens is 264 g/mol. The molecule has 2 rings (SSSR count). The van der Waals surface area contributed by atoms with Crippen molar-refractivity contribution in [3.8, 4) is 0 Å². The van der Waals surface area contributed by atoms with E-state index in [1.54, 1.807) is 26.1 Å². The van der Waals surface area contributed by atoms with Gasteiger partial charge in [-0.2, -0.15) is 0 Å². The molecule has 0 spiro atoms. The highest BCUT2D eigenvalue weighted by molar-refractivity contribution is 6.35. The minimum Gasteiger partial charge on any atom is -0.481 e. The maximum Gasteiger partial charge on any atom is 0.310 e. The van der Waals surface area contributed by atoms with E-state index in [1.807, 2.05) is 18.2 Å². The van der Waals surface area contributed by atoms with E-state index in [2.05, 4.69) is 10.3 Å². The van der Waals surface area contributed by atoms with Gasteiger partial charge in [-0.15, -0.1) is 0 Å². The summed E-state index contributed by atoms with van der Waals surface area (Å²) in [5.41, 5.74) is 0.686. The molecule has 0 aliphatic carbocycles. The first-order chi connectivity index (χ1) is 8.92. The number of nitrogens with one attached hydrogen (secondary N) is 1. The predicted molar refractivity (Wildman–Crippen MR) is 76.7 cm³/mol. The van der Waals surface area contributed by atoms with E-state index in [0.717, 1.165) is 16.6 Å². The van der Waals surface area contributed by atoms with Crippen molar-refractivity contribution in [1.29, 1.82) is 0 Å². The molecule has 0 radical (unpaired) electrons. The maximum atomic E-state index is 11.1. The number of hydrogen-bond acceptors (Lipinski definition) is 3. The summed E-state index contributed by atoms with van der Waals surface area (Å²) in [5.74, 6) is -0.841. The SMILES string of the molecule is CC(C)(CNc1ccc(Cl)c2cccnc12)C(=O)O. The molecule has 100 valence electrons. The molecule has 2 aromatic rings. The van der Waals surface area contributed by atoms with Gasteiger partial charge >= 0.3 is 5.97 Å². The van der Waals surface area contributed by atoms with Crippen molar-refractivity contribution in [2.45, 2.75) is 13.8 Å². The number of carboxylic acid groups (broad SMARTS) is 1. The first-order valence-electron chi connectivity index (χ1n) is 5.92. The molecule has 1 heterocycles. The number of carboxylic acids is 1. The molecule has 0 amide bonds. The molecule has 4 nitrogen and oxygen atoms in total. The third-order valence-corrected chi connectivity index (χ3v) is 3.35. The van der Waals surface area contributed by atoms with Crippen molar-refractivity contribution in [3.05, 3.63) is 35.5 Å². The molecule has 0 fully saturated rings. The highest BCUT2D eigenvalue weighted by atomic mass is 35.5. The second-order valence-electron chi connectivity index (χ2n) is 5.04. The van der Waals surface area contributed by atoms with Crippen LogP contribution in [0.15, 0.2) is 30.5 Å². The van der Waals surface area contributed by atoms with E-state index >= 15 is 0 Å². The summed E-state index contributed by atoms with van der Waals surface area (Å²) in [5, 5.41) is 13.7. The molecule has 0 atom stereocenters. The van der Waals surface area contributed by atoms with Crippen LogP contribution in [0.2, 0.25) is 5.02 Å². The van der Waals surface area contributed by atoms with Crippen molar-refractivity contribution in [2.24, 2.45) is 5.41 Å². The van der Waals surface area contributed by atoms with Crippen molar-refractivity contribution in [2.75, 3.05) is 11.9 Å². The molecule has 0 bridgehead atoms. The quantitative estimate of drug-likeness (QED) is 0.900. The lowest BCUT2D eigenvalue weighted by Gasteiger charge is -2.20. The lowest BCUT2D eigenvalue weighted by atomic mass is 9.94. The van der Waals surface area contributed by atoms with E-state index in [0.29, 0.717) is 11.6 Å². The van der Waals surface area contributed by atoms with E-state index in [-0.39, 0.29) is 0 Å². The van der Waals surface area contributed by atoms with E-state index in [9.17, 15) is 4.79 Å². The lowest BCUT2D eigenvalue weighted by molar-refractivity contribution is -0.146. The number of fused-ring (bicyclic) bond motifs is 1. The molecule has 0 aliphatic heterocycles. The average molecular weight is 279 g/mol. The molecule has 5 heteroatoms. The zero-order valence-electron chi connectivity index (χ0n) is 10.8. The summed E-state index contributed by atoms with van der Waals surface area (Å²) < 4.78 is 0. The minimum absolute atomic E-state index is 0.315. The van der Waals surface area contributed by atoms with Crippen molar-refractivity contribution in [1.82, 2.24) is 4.98 Å². The first kappa shape index (κ1) is 13.6. The third-order valence-electron chi connectivity index (χ3n) is 3.02. The summed E-state index contributed by atoms with van der Waals surface area (Å²) >= 11 is 6.11. The Hall–Kier alpha value is -1.81. The topological polar surface area (TPSA) is 62.2 Å². The number of anilines is 1. The number of pyridine rings is 1. The number of aliphatic carboxylic acids is 1. The van der Waals surface area contributed by atoms with Crippen molar-refractivity contribution < 1.29 is 9.90 Å². The Balaban J connectivity index is 2.32. The Morgan fingerprint density at radius 2 is 2.16 bits per heavy atom. The molecule has 1 aromatic heterocycles. The largest absolute Gasteiger partial charge is 0.481 e. The molecule has 19 heavy (non-hydrogen) atoms. The molecule has 2 N–H and O–H groups in total. The molecule has 0 aliphatic rings. The highest BCUT2D eigenvalue weighted by Crippen LogP contribution is 2.28. The molecular formula is C14H15ClN2O2. The fourth-order valence-electron chi connectivity index (χ4n) is 1.67. The van der Waals surface area contributed by atoms with E-state index < -0.39 is 11.4 Å². The standard InChI is InChI=1S/C14H15ClN2O2/c1-14(2,13(18)19)8-17-11-6-5-10(15)9-4-3-7-16-12(9)11/h3-7,17H,8H2,1-2H3,(H,18,19). The summed E-state index contributed by atoms with van der Waals surface area (Å²) in [6.07, 6.45) is 1.69. The van der Waals surface area contributed by atoms with Gasteiger partial charge in [-0.05, 0) is 38.1 Å². The molecule has 0 unspecified atom stereocenters. The van der Waals surface area contributed by atoms with Gasteiger partial charge in [0, 0.05) is 18.1 Å². The Morgan fingerprint density at radius 3 is 2.84 bits per heavy atom. The van der Waals surface area contributed by atoms with Gasteiger partial charge < -0.3 is 10.4 Å². The van der Waals surface area contributed by atoms with Crippen LogP contribution in [0.1, 0.15) is 13.8 Å². The summed E-state index contributed by atoms with van der Waals surface area (Å²) in [6, 6.07) is 7.30. The van der Waals surface area contributed by atoms with Crippen LogP contribution in [0.5, 0.6) is 0 Å². The third kappa shape index (κ3) is 2.79. The Labute approximate surface area is 116 Å². The van der Waals surface area contributed by atoms with Crippen LogP contribution >= 0.6 is 11.6 Å². The normalized spacial score (nSPS) is 11.5. The second-order valence-corrected chi connectivity index (χ2v) is 5.44. The lowest BCUT2D eigenvalue weighted by Crippen LogP contribution is -2.31. The summed E-state index contributed by atoms with van der Waals surface area (Å²) in [6.45, 7) is 3.66. The zero-order chi connectivity index (χ0) is 14.0. The van der Waals surface area contributed by atoms with E-state index in [4.69, 9.17) is 16.7 Å². The van der Waals surface area contributed by atoms with Gasteiger partial charge in [0.15, 0.2) is 0 Å². The average Bonchev–Trinajstić information content (AvgIpc) is 2.38. The number of aromatic nitrogens is 1. The smallest absolute Gasteiger partial charge is 0.310 e. The van der Waals surface area contributed by atoms with Crippen molar-refractivity contribution >= 4 is 34.2 Å². The number of hydrogen-bond donors (Lipinski definition) is 2. The predicted octanol–water partition coefficient (Wildman–Crippen LogP) is 3.41. The second kappa shape index (κ2) is 5.05. The van der Waals surface area contributed by atoms with Gasteiger partial charge in [-0.1, -0.05) is 11.6 Å². The summed E-state index contributed by atoms with van der Waals surface area (Å²) in [4.78, 5) is 15.4. The van der Waals surface area contributed by atoms with Gasteiger partial charge in [-0.3, -0.25) is 9.78 Å². The van der Waals surface area contributed by atoms with Gasteiger partial charge in [0.25, 0.3) is 0 Å². The highest BCUT2D eigenvalue weighted by Gasteiger charge is 2.26. The van der Waals surface area contributed by atoms with Crippen LogP contribution in [0, 0.1) is 5.41 Å². The summed E-state index contributed by atoms with van der Waals surface area (Å²) in [7, 11) is 0. The van der Waals surface area contributed by atoms with Gasteiger partial charge in [-0.25, -0.2) is 0 Å².